The Balaban J connectivity index is 1.49. The molecule has 2 aromatic rings. The first kappa shape index (κ1) is 19.9. The molecule has 0 aliphatic carbocycles. The first-order valence-electron chi connectivity index (χ1n) is 10.5. The lowest BCUT2D eigenvalue weighted by Gasteiger charge is -2.47. The van der Waals surface area contributed by atoms with Gasteiger partial charge in [0.05, 0.1) is 22.6 Å². The van der Waals surface area contributed by atoms with E-state index in [2.05, 4.69) is 13.8 Å². The van der Waals surface area contributed by atoms with Crippen molar-refractivity contribution in [2.45, 2.75) is 51.7 Å². The number of fused-ring (bicyclic) bond motifs is 1. The van der Waals surface area contributed by atoms with Crippen LogP contribution in [-0.4, -0.2) is 69.1 Å². The maximum absolute atomic E-state index is 13.1. The molecule has 2 fully saturated rings. The second-order valence-electron chi connectivity index (χ2n) is 8.90. The van der Waals surface area contributed by atoms with Crippen molar-refractivity contribution < 1.29 is 14.7 Å². The molecule has 7 nitrogen and oxygen atoms in total. The van der Waals surface area contributed by atoms with Crippen molar-refractivity contribution in [1.82, 2.24) is 19.4 Å². The predicted octanol–water partition coefficient (Wildman–Crippen LogP) is 1.99. The summed E-state index contributed by atoms with van der Waals surface area (Å²) >= 11 is 0. The number of nitrogens with zero attached hydrogens (tertiary/aromatic N) is 4. The Morgan fingerprint density at radius 2 is 1.97 bits per heavy atom. The SMILES string of the molecule is CC(C)c1nc2ccccc2n1CC(=O)N1CCC2(CC1)CC(O)CN(C)C2=O. The summed E-state index contributed by atoms with van der Waals surface area (Å²) in [5.74, 6) is 1.30. The third-order valence-electron chi connectivity index (χ3n) is 6.48. The number of carbonyl (C=O) groups excluding carboxylic acids is 2. The molecule has 1 atom stereocenters. The Morgan fingerprint density at radius 3 is 2.66 bits per heavy atom. The lowest BCUT2D eigenvalue weighted by molar-refractivity contribution is -0.156. The quantitative estimate of drug-likeness (QED) is 0.858. The first-order chi connectivity index (χ1) is 13.8. The molecule has 0 radical (unpaired) electrons. The van der Waals surface area contributed by atoms with Crippen LogP contribution in [0.4, 0.5) is 0 Å². The number of likely N-dealkylation sites (N-methyl/N-ethyl adjacent to an activating group) is 1. The zero-order valence-electron chi connectivity index (χ0n) is 17.5. The van der Waals surface area contributed by atoms with Crippen LogP contribution in [0.25, 0.3) is 11.0 Å². The number of likely N-dealkylation sites (tertiary alicyclic amines) is 2. The van der Waals surface area contributed by atoms with Crippen molar-refractivity contribution >= 4 is 22.8 Å². The van der Waals surface area contributed by atoms with Crippen LogP contribution in [0.2, 0.25) is 0 Å². The molecule has 29 heavy (non-hydrogen) atoms. The lowest BCUT2D eigenvalue weighted by Crippen LogP contribution is -2.57. The van der Waals surface area contributed by atoms with Crippen molar-refractivity contribution in [2.75, 3.05) is 26.7 Å². The monoisotopic (exact) mass is 398 g/mol. The highest BCUT2D eigenvalue weighted by Gasteiger charge is 2.47. The lowest BCUT2D eigenvalue weighted by atomic mass is 9.71. The molecule has 1 aromatic carbocycles. The minimum absolute atomic E-state index is 0.0575. The van der Waals surface area contributed by atoms with Crippen LogP contribution in [0.5, 0.6) is 0 Å². The highest BCUT2D eigenvalue weighted by atomic mass is 16.3. The number of piperidine rings is 2. The summed E-state index contributed by atoms with van der Waals surface area (Å²) in [5.41, 5.74) is 1.37. The summed E-state index contributed by atoms with van der Waals surface area (Å²) in [4.78, 5) is 34.1. The topological polar surface area (TPSA) is 78.7 Å². The summed E-state index contributed by atoms with van der Waals surface area (Å²) in [6.45, 7) is 5.93. The Bertz CT molecular complexity index is 927. The number of rotatable bonds is 3. The molecule has 0 saturated carbocycles. The molecule has 2 aliphatic heterocycles. The van der Waals surface area contributed by atoms with Gasteiger partial charge in [0, 0.05) is 32.6 Å². The number of amides is 2. The Hall–Kier alpha value is -2.41. The maximum Gasteiger partial charge on any atom is 0.242 e. The van der Waals surface area contributed by atoms with Crippen LogP contribution >= 0.6 is 0 Å². The molecular formula is C22H30N4O3. The normalized spacial score (nSPS) is 22.1. The molecule has 2 saturated heterocycles. The molecule has 1 N–H and O–H groups in total. The number of hydrogen-bond donors (Lipinski definition) is 1. The summed E-state index contributed by atoms with van der Waals surface area (Å²) in [6.07, 6.45) is 1.24. The fraction of sp³-hybridized carbons (Fsp3) is 0.591. The summed E-state index contributed by atoms with van der Waals surface area (Å²) in [6, 6.07) is 7.91. The van der Waals surface area contributed by atoms with Gasteiger partial charge in [-0.2, -0.15) is 0 Å². The summed E-state index contributed by atoms with van der Waals surface area (Å²) in [5, 5.41) is 10.2. The maximum atomic E-state index is 13.1. The molecule has 1 unspecified atom stereocenters. The number of aromatic nitrogens is 2. The average Bonchev–Trinajstić information content (AvgIpc) is 3.05. The molecule has 2 amide bonds. The van der Waals surface area contributed by atoms with Gasteiger partial charge < -0.3 is 19.5 Å². The van der Waals surface area contributed by atoms with Gasteiger partial charge in [-0.05, 0) is 31.4 Å². The summed E-state index contributed by atoms with van der Waals surface area (Å²) in [7, 11) is 1.75. The second-order valence-corrected chi connectivity index (χ2v) is 8.90. The number of aliphatic hydroxyl groups is 1. The highest BCUT2D eigenvalue weighted by molar-refractivity contribution is 5.85. The molecule has 1 spiro atoms. The molecular weight excluding hydrogens is 368 g/mol. The third kappa shape index (κ3) is 3.52. The third-order valence-corrected chi connectivity index (χ3v) is 6.48. The molecule has 2 aliphatic rings. The van der Waals surface area contributed by atoms with Gasteiger partial charge in [-0.15, -0.1) is 0 Å². The zero-order valence-corrected chi connectivity index (χ0v) is 17.5. The van der Waals surface area contributed by atoms with Crippen molar-refractivity contribution in [3.05, 3.63) is 30.1 Å². The van der Waals surface area contributed by atoms with Gasteiger partial charge in [0.15, 0.2) is 0 Å². The van der Waals surface area contributed by atoms with E-state index in [0.29, 0.717) is 38.9 Å². The minimum atomic E-state index is -0.520. The molecule has 1 aromatic heterocycles. The highest BCUT2D eigenvalue weighted by Crippen LogP contribution is 2.40. The molecule has 0 bridgehead atoms. The fourth-order valence-electron chi connectivity index (χ4n) is 4.95. The van der Waals surface area contributed by atoms with Gasteiger partial charge in [0.25, 0.3) is 0 Å². The molecule has 156 valence electrons. The molecule has 3 heterocycles. The van der Waals surface area contributed by atoms with E-state index in [0.717, 1.165) is 16.9 Å². The van der Waals surface area contributed by atoms with Gasteiger partial charge in [0.2, 0.25) is 11.8 Å². The van der Waals surface area contributed by atoms with Crippen LogP contribution in [0.15, 0.2) is 24.3 Å². The van der Waals surface area contributed by atoms with Crippen LogP contribution < -0.4 is 0 Å². The second kappa shape index (κ2) is 7.44. The number of hydrogen-bond acceptors (Lipinski definition) is 4. The fourth-order valence-corrected chi connectivity index (χ4v) is 4.95. The van der Waals surface area contributed by atoms with E-state index in [1.54, 1.807) is 11.9 Å². The van der Waals surface area contributed by atoms with E-state index in [-0.39, 0.29) is 24.3 Å². The Labute approximate surface area is 171 Å². The minimum Gasteiger partial charge on any atom is -0.391 e. The van der Waals surface area contributed by atoms with Crippen LogP contribution in [0, 0.1) is 5.41 Å². The van der Waals surface area contributed by atoms with E-state index in [1.807, 2.05) is 33.7 Å². The van der Waals surface area contributed by atoms with Crippen LogP contribution in [0.3, 0.4) is 0 Å². The smallest absolute Gasteiger partial charge is 0.242 e. The van der Waals surface area contributed by atoms with Crippen molar-refractivity contribution in [3.8, 4) is 0 Å². The Kier molecular flexibility index (Phi) is 5.11. The standard InChI is InChI=1S/C22H30N4O3/c1-15(2)20-23-17-6-4-5-7-18(17)26(20)14-19(28)25-10-8-22(9-11-25)12-16(27)13-24(3)21(22)29/h4-7,15-16,27H,8-14H2,1-3H3. The molecule has 7 heteroatoms. The number of imidazole rings is 1. The van der Waals surface area contributed by atoms with Gasteiger partial charge in [0.1, 0.15) is 12.4 Å². The van der Waals surface area contributed by atoms with Crippen LogP contribution in [-0.2, 0) is 16.1 Å². The van der Waals surface area contributed by atoms with Gasteiger partial charge in [-0.25, -0.2) is 4.98 Å². The van der Waals surface area contributed by atoms with Crippen molar-refractivity contribution in [3.63, 3.8) is 0 Å². The van der Waals surface area contributed by atoms with Crippen LogP contribution in [0.1, 0.15) is 44.9 Å². The largest absolute Gasteiger partial charge is 0.391 e. The first-order valence-corrected chi connectivity index (χ1v) is 10.5. The Morgan fingerprint density at radius 1 is 1.28 bits per heavy atom. The van der Waals surface area contributed by atoms with E-state index in [4.69, 9.17) is 4.98 Å². The van der Waals surface area contributed by atoms with Crippen molar-refractivity contribution in [2.24, 2.45) is 5.41 Å². The van der Waals surface area contributed by atoms with E-state index < -0.39 is 11.5 Å². The van der Waals surface area contributed by atoms with Gasteiger partial charge >= 0.3 is 0 Å². The van der Waals surface area contributed by atoms with E-state index in [9.17, 15) is 14.7 Å². The van der Waals surface area contributed by atoms with E-state index >= 15 is 0 Å². The number of benzene rings is 1. The molecule has 4 rings (SSSR count). The number of aliphatic hydroxyl groups excluding tert-OH is 1. The number of carbonyl (C=O) groups is 2. The van der Waals surface area contributed by atoms with E-state index in [1.165, 1.54) is 0 Å². The number of para-hydroxylation sites is 2. The summed E-state index contributed by atoms with van der Waals surface area (Å²) < 4.78 is 2.02. The number of β-amino-alcohol motifs (C(OH)–C–C–N with tert-alkyl or cyclic N) is 1. The average molecular weight is 399 g/mol. The van der Waals surface area contributed by atoms with Gasteiger partial charge in [-0.1, -0.05) is 26.0 Å². The zero-order chi connectivity index (χ0) is 20.8. The predicted molar refractivity (Wildman–Crippen MR) is 110 cm³/mol. The van der Waals surface area contributed by atoms with Gasteiger partial charge in [-0.3, -0.25) is 9.59 Å². The van der Waals surface area contributed by atoms with Crippen molar-refractivity contribution in [1.29, 1.82) is 0 Å².